The molecule has 1 fully saturated rings. The molecule has 27 heavy (non-hydrogen) atoms. The standard InChI is InChI=1S/C21H41NO5/c1-2-3-4-5-6-7-8-9-10-11-12-13-14-18(24)20(25)17(15-23)22-21(26)19-16-27-19/h17-20,23-25H,2-16H2,1H3,(H,22,26)/t17-,18+,19-,20-/m0/s1. The number of amides is 1. The van der Waals surface area contributed by atoms with Crippen molar-refractivity contribution in [3.8, 4) is 0 Å². The first-order valence-corrected chi connectivity index (χ1v) is 11.0. The Morgan fingerprint density at radius 2 is 1.44 bits per heavy atom. The van der Waals surface area contributed by atoms with Crippen LogP contribution >= 0.6 is 0 Å². The van der Waals surface area contributed by atoms with Gasteiger partial charge in [0.05, 0.1) is 25.4 Å². The van der Waals surface area contributed by atoms with Crippen LogP contribution in [0.1, 0.15) is 90.4 Å². The van der Waals surface area contributed by atoms with Crippen LogP contribution in [0.3, 0.4) is 0 Å². The fraction of sp³-hybridized carbons (Fsp3) is 0.952. The van der Waals surface area contributed by atoms with E-state index in [0.717, 1.165) is 19.3 Å². The topological polar surface area (TPSA) is 102 Å². The normalized spacial score (nSPS) is 19.5. The first kappa shape index (κ1) is 24.3. The Morgan fingerprint density at radius 3 is 1.89 bits per heavy atom. The minimum absolute atomic E-state index is 0.342. The Labute approximate surface area is 164 Å². The lowest BCUT2D eigenvalue weighted by atomic mass is 9.99. The Balaban J connectivity index is 1.97. The lowest BCUT2D eigenvalue weighted by Crippen LogP contribution is -2.51. The van der Waals surface area contributed by atoms with Gasteiger partial charge in [0.2, 0.25) is 0 Å². The number of unbranched alkanes of at least 4 members (excludes halogenated alkanes) is 11. The van der Waals surface area contributed by atoms with Crippen LogP contribution in [0.5, 0.6) is 0 Å². The number of ether oxygens (including phenoxy) is 1. The summed E-state index contributed by atoms with van der Waals surface area (Å²) in [5, 5.41) is 32.1. The third-order valence-electron chi connectivity index (χ3n) is 5.31. The Hall–Kier alpha value is -0.690. The van der Waals surface area contributed by atoms with Crippen molar-refractivity contribution in [2.24, 2.45) is 0 Å². The molecule has 160 valence electrons. The number of nitrogens with one attached hydrogen (secondary N) is 1. The quantitative estimate of drug-likeness (QED) is 0.214. The van der Waals surface area contributed by atoms with Gasteiger partial charge in [-0.1, -0.05) is 84.0 Å². The van der Waals surface area contributed by atoms with Gasteiger partial charge in [-0.25, -0.2) is 0 Å². The van der Waals surface area contributed by atoms with Crippen LogP contribution in [0.15, 0.2) is 0 Å². The van der Waals surface area contributed by atoms with Crippen LogP contribution in [0, 0.1) is 0 Å². The average Bonchev–Trinajstić information content (AvgIpc) is 3.51. The molecule has 0 saturated carbocycles. The van der Waals surface area contributed by atoms with Crippen molar-refractivity contribution in [1.29, 1.82) is 0 Å². The van der Waals surface area contributed by atoms with E-state index < -0.39 is 31.0 Å². The molecule has 0 radical (unpaired) electrons. The molecule has 1 aliphatic rings. The number of aliphatic hydroxyl groups excluding tert-OH is 3. The number of carbonyl (C=O) groups excluding carboxylic acids is 1. The van der Waals surface area contributed by atoms with Crippen molar-refractivity contribution in [3.05, 3.63) is 0 Å². The van der Waals surface area contributed by atoms with Crippen LogP contribution < -0.4 is 5.32 Å². The molecule has 4 atom stereocenters. The smallest absolute Gasteiger partial charge is 0.251 e. The summed E-state index contributed by atoms with van der Waals surface area (Å²) in [6.07, 6.45) is 12.9. The van der Waals surface area contributed by atoms with Crippen molar-refractivity contribution in [3.63, 3.8) is 0 Å². The molecule has 6 nitrogen and oxygen atoms in total. The molecule has 1 rings (SSSR count). The predicted octanol–water partition coefficient (Wildman–Crippen LogP) is 2.68. The van der Waals surface area contributed by atoms with Gasteiger partial charge < -0.3 is 25.4 Å². The van der Waals surface area contributed by atoms with Gasteiger partial charge >= 0.3 is 0 Å². The van der Waals surface area contributed by atoms with Gasteiger partial charge in [-0.3, -0.25) is 4.79 Å². The van der Waals surface area contributed by atoms with Crippen LogP contribution in [0.4, 0.5) is 0 Å². The number of rotatable bonds is 18. The minimum atomic E-state index is -1.16. The number of carbonyl (C=O) groups is 1. The number of hydrogen-bond acceptors (Lipinski definition) is 5. The van der Waals surface area contributed by atoms with Gasteiger partial charge in [0.15, 0.2) is 6.10 Å². The molecule has 4 N–H and O–H groups in total. The van der Waals surface area contributed by atoms with Gasteiger partial charge in [-0.15, -0.1) is 0 Å². The van der Waals surface area contributed by atoms with Crippen molar-refractivity contribution in [1.82, 2.24) is 5.32 Å². The SMILES string of the molecule is CCCCCCCCCCCCCC[C@@H](O)[C@@H](O)[C@H](CO)NC(=O)[C@@H]1CO1. The lowest BCUT2D eigenvalue weighted by Gasteiger charge is -2.26. The van der Waals surface area contributed by atoms with Crippen molar-refractivity contribution in [2.75, 3.05) is 13.2 Å². The molecule has 1 saturated heterocycles. The van der Waals surface area contributed by atoms with E-state index in [4.69, 9.17) is 4.74 Å². The summed E-state index contributed by atoms with van der Waals surface area (Å²) in [7, 11) is 0. The maximum absolute atomic E-state index is 11.6. The Bertz CT molecular complexity index is 376. The largest absolute Gasteiger partial charge is 0.394 e. The van der Waals surface area contributed by atoms with E-state index >= 15 is 0 Å². The van der Waals surface area contributed by atoms with Crippen LogP contribution in [0.2, 0.25) is 0 Å². The molecule has 0 bridgehead atoms. The second kappa shape index (κ2) is 15.3. The van der Waals surface area contributed by atoms with Crippen LogP contribution in [0.25, 0.3) is 0 Å². The summed E-state index contributed by atoms with van der Waals surface area (Å²) < 4.78 is 4.87. The molecule has 0 aromatic rings. The summed E-state index contributed by atoms with van der Waals surface area (Å²) >= 11 is 0. The van der Waals surface area contributed by atoms with E-state index in [9.17, 15) is 20.1 Å². The maximum Gasteiger partial charge on any atom is 0.251 e. The Morgan fingerprint density at radius 1 is 0.963 bits per heavy atom. The minimum Gasteiger partial charge on any atom is -0.394 e. The highest BCUT2D eigenvalue weighted by Gasteiger charge is 2.35. The molecule has 0 aliphatic carbocycles. The average molecular weight is 388 g/mol. The van der Waals surface area contributed by atoms with E-state index in [1.54, 1.807) is 0 Å². The maximum atomic E-state index is 11.6. The molecular weight excluding hydrogens is 346 g/mol. The highest BCUT2D eigenvalue weighted by atomic mass is 16.6. The molecule has 1 amide bonds. The monoisotopic (exact) mass is 387 g/mol. The zero-order valence-electron chi connectivity index (χ0n) is 17.1. The van der Waals surface area contributed by atoms with Gasteiger partial charge in [0.25, 0.3) is 5.91 Å². The molecule has 6 heteroatoms. The molecule has 1 aliphatic heterocycles. The molecule has 0 unspecified atom stereocenters. The summed E-state index contributed by atoms with van der Waals surface area (Å²) in [5.41, 5.74) is 0. The van der Waals surface area contributed by atoms with Crippen molar-refractivity contribution in [2.45, 2.75) is 115 Å². The van der Waals surface area contributed by atoms with Gasteiger partial charge in [0, 0.05) is 0 Å². The first-order chi connectivity index (χ1) is 13.1. The first-order valence-electron chi connectivity index (χ1n) is 11.0. The molecule has 0 aromatic heterocycles. The molecular formula is C21H41NO5. The van der Waals surface area contributed by atoms with Gasteiger partial charge in [0.1, 0.15) is 6.10 Å². The van der Waals surface area contributed by atoms with Crippen molar-refractivity contribution < 1.29 is 24.9 Å². The summed E-state index contributed by atoms with van der Waals surface area (Å²) in [6, 6.07) is -0.853. The van der Waals surface area contributed by atoms with Gasteiger partial charge in [-0.05, 0) is 6.42 Å². The van der Waals surface area contributed by atoms with Gasteiger partial charge in [-0.2, -0.15) is 0 Å². The second-order valence-corrected chi connectivity index (χ2v) is 7.86. The third kappa shape index (κ3) is 11.7. The fourth-order valence-corrected chi connectivity index (χ4v) is 3.35. The zero-order chi connectivity index (χ0) is 19.9. The summed E-state index contributed by atoms with van der Waals surface area (Å²) in [6.45, 7) is 2.21. The van der Waals surface area contributed by atoms with Crippen LogP contribution in [-0.4, -0.2) is 58.8 Å². The van der Waals surface area contributed by atoms with E-state index in [0.29, 0.717) is 13.0 Å². The second-order valence-electron chi connectivity index (χ2n) is 7.86. The third-order valence-corrected chi connectivity index (χ3v) is 5.31. The fourth-order valence-electron chi connectivity index (χ4n) is 3.35. The number of epoxide rings is 1. The molecule has 0 spiro atoms. The number of hydrogen-bond donors (Lipinski definition) is 4. The highest BCUT2D eigenvalue weighted by Crippen LogP contribution is 2.15. The Kier molecular flexibility index (Phi) is 13.8. The van der Waals surface area contributed by atoms with Crippen molar-refractivity contribution >= 4 is 5.91 Å². The van der Waals surface area contributed by atoms with Crippen LogP contribution in [-0.2, 0) is 9.53 Å². The highest BCUT2D eigenvalue weighted by molar-refractivity contribution is 5.83. The lowest BCUT2D eigenvalue weighted by molar-refractivity contribution is -0.125. The van der Waals surface area contributed by atoms with E-state index in [1.165, 1.54) is 57.8 Å². The van der Waals surface area contributed by atoms with E-state index in [-0.39, 0.29) is 5.91 Å². The van der Waals surface area contributed by atoms with E-state index in [1.807, 2.05) is 0 Å². The summed E-state index contributed by atoms with van der Waals surface area (Å²) in [4.78, 5) is 11.6. The summed E-state index contributed by atoms with van der Waals surface area (Å²) in [5.74, 6) is -0.342. The molecule has 1 heterocycles. The molecule has 0 aromatic carbocycles. The zero-order valence-corrected chi connectivity index (χ0v) is 17.1. The van der Waals surface area contributed by atoms with E-state index in [2.05, 4.69) is 12.2 Å². The predicted molar refractivity (Wildman–Crippen MR) is 106 cm³/mol. The number of aliphatic hydroxyl groups is 3.